The van der Waals surface area contributed by atoms with Gasteiger partial charge in [0.05, 0.1) is 15.2 Å². The van der Waals surface area contributed by atoms with Gasteiger partial charge < -0.3 is 16.0 Å². The molecule has 1 aliphatic rings. The third-order valence-electron chi connectivity index (χ3n) is 4.62. The Kier molecular flexibility index (Phi) is 6.37. The molecule has 3 N–H and O–H groups in total. The SMILES string of the molecule is CSCC[C@@H](NC(N)=O)C(=O)N1CCC[C@@H](c2nc3ccccc3s2)C1. The van der Waals surface area contributed by atoms with E-state index in [9.17, 15) is 9.59 Å². The average Bonchev–Trinajstić information content (AvgIpc) is 3.08. The minimum atomic E-state index is -0.649. The smallest absolute Gasteiger partial charge is 0.312 e. The van der Waals surface area contributed by atoms with Crippen LogP contribution >= 0.6 is 23.1 Å². The first kappa shape index (κ1) is 19.0. The lowest BCUT2D eigenvalue weighted by molar-refractivity contribution is -0.134. The Morgan fingerprint density at radius 1 is 1.46 bits per heavy atom. The Hall–Kier alpha value is -1.80. The van der Waals surface area contributed by atoms with Crippen LogP contribution < -0.4 is 11.1 Å². The zero-order valence-corrected chi connectivity index (χ0v) is 16.4. The summed E-state index contributed by atoms with van der Waals surface area (Å²) in [7, 11) is 0. The summed E-state index contributed by atoms with van der Waals surface area (Å²) in [6.07, 6.45) is 4.54. The summed E-state index contributed by atoms with van der Waals surface area (Å²) in [5, 5.41) is 3.70. The molecule has 2 atom stereocenters. The number of thioether (sulfide) groups is 1. The van der Waals surface area contributed by atoms with E-state index in [0.717, 1.165) is 35.7 Å². The third-order valence-corrected chi connectivity index (χ3v) is 6.46. The van der Waals surface area contributed by atoms with Gasteiger partial charge in [0.15, 0.2) is 0 Å². The van der Waals surface area contributed by atoms with Crippen LogP contribution in [0.25, 0.3) is 10.2 Å². The van der Waals surface area contributed by atoms with Gasteiger partial charge in [-0.2, -0.15) is 11.8 Å². The number of para-hydroxylation sites is 1. The number of likely N-dealkylation sites (tertiary alicyclic amines) is 1. The van der Waals surface area contributed by atoms with E-state index in [1.807, 2.05) is 29.4 Å². The fraction of sp³-hybridized carbons (Fsp3) is 0.500. The number of urea groups is 1. The highest BCUT2D eigenvalue weighted by molar-refractivity contribution is 7.98. The molecule has 3 rings (SSSR count). The van der Waals surface area contributed by atoms with Gasteiger partial charge in [0.2, 0.25) is 5.91 Å². The topological polar surface area (TPSA) is 88.3 Å². The normalized spacial score (nSPS) is 18.7. The van der Waals surface area contributed by atoms with E-state index in [4.69, 9.17) is 10.7 Å². The van der Waals surface area contributed by atoms with Gasteiger partial charge in [0, 0.05) is 19.0 Å². The zero-order valence-electron chi connectivity index (χ0n) is 14.8. The summed E-state index contributed by atoms with van der Waals surface area (Å²) in [6.45, 7) is 1.37. The van der Waals surface area contributed by atoms with Gasteiger partial charge in [-0.3, -0.25) is 4.79 Å². The number of carbonyl (C=O) groups excluding carboxylic acids is 2. The Bertz CT molecular complexity index is 746. The number of fused-ring (bicyclic) bond motifs is 1. The van der Waals surface area contributed by atoms with Crippen molar-refractivity contribution in [2.45, 2.75) is 31.2 Å². The predicted molar refractivity (Wildman–Crippen MR) is 108 cm³/mol. The predicted octanol–water partition coefficient (Wildman–Crippen LogP) is 2.79. The van der Waals surface area contributed by atoms with Crippen LogP contribution in [0.3, 0.4) is 0 Å². The Morgan fingerprint density at radius 3 is 3.00 bits per heavy atom. The molecule has 0 saturated carbocycles. The maximum absolute atomic E-state index is 12.9. The van der Waals surface area contributed by atoms with Crippen molar-refractivity contribution < 1.29 is 9.59 Å². The van der Waals surface area contributed by atoms with E-state index in [2.05, 4.69) is 11.4 Å². The van der Waals surface area contributed by atoms with Crippen molar-refractivity contribution >= 4 is 45.3 Å². The lowest BCUT2D eigenvalue weighted by Gasteiger charge is -2.34. The largest absolute Gasteiger partial charge is 0.352 e. The maximum Gasteiger partial charge on any atom is 0.312 e. The van der Waals surface area contributed by atoms with E-state index >= 15 is 0 Å². The van der Waals surface area contributed by atoms with E-state index in [1.54, 1.807) is 23.1 Å². The Morgan fingerprint density at radius 2 is 2.27 bits per heavy atom. The summed E-state index contributed by atoms with van der Waals surface area (Å²) in [6, 6.07) is 6.92. The summed E-state index contributed by atoms with van der Waals surface area (Å²) < 4.78 is 1.18. The number of amides is 3. The molecule has 2 heterocycles. The standard InChI is InChI=1S/C18H24N4O2S2/c1-25-10-8-14(21-18(19)24)17(23)22-9-4-5-12(11-22)16-20-13-6-2-3-7-15(13)26-16/h2-3,6-7,12,14H,4-5,8-11H2,1H3,(H3,19,21,24)/t12-,14-/m1/s1. The molecule has 1 aromatic heterocycles. The number of thiazole rings is 1. The van der Waals surface area contributed by atoms with Crippen molar-refractivity contribution in [3.63, 3.8) is 0 Å². The van der Waals surface area contributed by atoms with Crippen LogP contribution in [0.4, 0.5) is 4.79 Å². The van der Waals surface area contributed by atoms with E-state index < -0.39 is 12.1 Å². The molecule has 1 aromatic carbocycles. The highest BCUT2D eigenvalue weighted by atomic mass is 32.2. The van der Waals surface area contributed by atoms with E-state index in [-0.39, 0.29) is 11.8 Å². The molecule has 0 radical (unpaired) electrons. The minimum absolute atomic E-state index is 0.0383. The molecule has 2 aromatic rings. The van der Waals surface area contributed by atoms with E-state index in [0.29, 0.717) is 13.0 Å². The van der Waals surface area contributed by atoms with E-state index in [1.165, 1.54) is 4.70 Å². The van der Waals surface area contributed by atoms with Crippen LogP contribution in [0.2, 0.25) is 0 Å². The van der Waals surface area contributed by atoms with Gasteiger partial charge >= 0.3 is 6.03 Å². The highest BCUT2D eigenvalue weighted by Crippen LogP contribution is 2.33. The highest BCUT2D eigenvalue weighted by Gasteiger charge is 2.31. The number of nitrogens with two attached hydrogens (primary N) is 1. The van der Waals surface area contributed by atoms with Crippen LogP contribution in [0, 0.1) is 0 Å². The average molecular weight is 393 g/mol. The number of hydrogen-bond acceptors (Lipinski definition) is 5. The van der Waals surface area contributed by atoms with Crippen molar-refractivity contribution in [1.29, 1.82) is 0 Å². The van der Waals surface area contributed by atoms with Crippen LogP contribution in [-0.2, 0) is 4.79 Å². The molecule has 1 fully saturated rings. The van der Waals surface area contributed by atoms with Crippen molar-refractivity contribution in [2.24, 2.45) is 5.73 Å². The lowest BCUT2D eigenvalue weighted by atomic mass is 9.97. The van der Waals surface area contributed by atoms with Gasteiger partial charge in [0.1, 0.15) is 6.04 Å². The second kappa shape index (κ2) is 8.73. The number of nitrogens with zero attached hydrogens (tertiary/aromatic N) is 2. The maximum atomic E-state index is 12.9. The van der Waals surface area contributed by atoms with Gasteiger partial charge in [-0.25, -0.2) is 9.78 Å². The monoisotopic (exact) mass is 392 g/mol. The number of nitrogens with one attached hydrogen (secondary N) is 1. The summed E-state index contributed by atoms with van der Waals surface area (Å²) in [5.74, 6) is 1.01. The number of rotatable bonds is 6. The summed E-state index contributed by atoms with van der Waals surface area (Å²) in [4.78, 5) is 30.8. The molecular formula is C18H24N4O2S2. The van der Waals surface area contributed by atoms with Crippen molar-refractivity contribution in [2.75, 3.05) is 25.1 Å². The number of piperidine rings is 1. The van der Waals surface area contributed by atoms with Crippen LogP contribution in [0.5, 0.6) is 0 Å². The lowest BCUT2D eigenvalue weighted by Crippen LogP contribution is -2.52. The van der Waals surface area contributed by atoms with Crippen LogP contribution in [0.15, 0.2) is 24.3 Å². The number of hydrogen-bond donors (Lipinski definition) is 2. The zero-order chi connectivity index (χ0) is 18.5. The van der Waals surface area contributed by atoms with Crippen LogP contribution in [0.1, 0.15) is 30.2 Å². The summed E-state index contributed by atoms with van der Waals surface area (Å²) in [5.41, 5.74) is 6.28. The Labute approximate surface area is 161 Å². The van der Waals surface area contributed by atoms with Crippen molar-refractivity contribution in [3.05, 3.63) is 29.3 Å². The molecule has 0 spiro atoms. The van der Waals surface area contributed by atoms with Gasteiger partial charge in [-0.15, -0.1) is 11.3 Å². The number of primary amides is 1. The molecule has 0 unspecified atom stereocenters. The first-order valence-corrected chi connectivity index (χ1v) is 11.0. The number of benzene rings is 1. The van der Waals surface area contributed by atoms with Crippen molar-refractivity contribution in [3.8, 4) is 0 Å². The minimum Gasteiger partial charge on any atom is -0.352 e. The number of carbonyl (C=O) groups is 2. The molecule has 26 heavy (non-hydrogen) atoms. The quantitative estimate of drug-likeness (QED) is 0.791. The molecule has 1 saturated heterocycles. The summed E-state index contributed by atoms with van der Waals surface area (Å²) >= 11 is 3.36. The van der Waals surface area contributed by atoms with Crippen molar-refractivity contribution in [1.82, 2.24) is 15.2 Å². The first-order chi connectivity index (χ1) is 12.6. The molecular weight excluding hydrogens is 368 g/mol. The second-order valence-corrected chi connectivity index (χ2v) is 8.53. The fourth-order valence-electron chi connectivity index (χ4n) is 3.33. The first-order valence-electron chi connectivity index (χ1n) is 8.77. The molecule has 0 bridgehead atoms. The van der Waals surface area contributed by atoms with Gasteiger partial charge in [-0.1, -0.05) is 12.1 Å². The molecule has 1 aliphatic heterocycles. The third kappa shape index (κ3) is 4.48. The second-order valence-electron chi connectivity index (χ2n) is 6.49. The molecule has 8 heteroatoms. The molecule has 6 nitrogen and oxygen atoms in total. The van der Waals surface area contributed by atoms with Crippen LogP contribution in [-0.4, -0.2) is 53.0 Å². The van der Waals surface area contributed by atoms with Gasteiger partial charge in [-0.05, 0) is 43.4 Å². The molecule has 0 aliphatic carbocycles. The van der Waals surface area contributed by atoms with Gasteiger partial charge in [0.25, 0.3) is 0 Å². The Balaban J connectivity index is 1.71. The fourth-order valence-corrected chi connectivity index (χ4v) is 4.89. The number of aromatic nitrogens is 1. The molecule has 140 valence electrons. The molecule has 3 amide bonds.